The highest BCUT2D eigenvalue weighted by Gasteiger charge is 2.18. The minimum Gasteiger partial charge on any atom is -0.493 e. The molecular weight excluding hydrogens is 400 g/mol. The second kappa shape index (κ2) is 8.08. The number of amides is 1. The van der Waals surface area contributed by atoms with Gasteiger partial charge in [-0.25, -0.2) is 4.98 Å². The highest BCUT2D eigenvalue weighted by Crippen LogP contribution is 2.39. The highest BCUT2D eigenvalue weighted by atomic mass is 35.5. The number of rotatable bonds is 6. The molecule has 1 aliphatic heterocycles. The van der Waals surface area contributed by atoms with Crippen LogP contribution in [0, 0.1) is 0 Å². The fraction of sp³-hybridized carbons (Fsp3) is 0.200. The number of hydrogen-bond acceptors (Lipinski definition) is 6. The van der Waals surface area contributed by atoms with Crippen LogP contribution >= 0.6 is 22.9 Å². The lowest BCUT2D eigenvalue weighted by Gasteiger charge is -2.08. The first-order valence-corrected chi connectivity index (χ1v) is 9.95. The maximum absolute atomic E-state index is 12.4. The Morgan fingerprint density at radius 3 is 2.89 bits per heavy atom. The number of fused-ring (bicyclic) bond motifs is 1. The van der Waals surface area contributed by atoms with Gasteiger partial charge in [-0.1, -0.05) is 23.7 Å². The molecule has 4 rings (SSSR count). The predicted molar refractivity (Wildman–Crippen MR) is 109 cm³/mol. The smallest absolute Gasteiger partial charge is 0.231 e. The van der Waals surface area contributed by atoms with Crippen LogP contribution in [0.3, 0.4) is 0 Å². The van der Waals surface area contributed by atoms with Crippen LogP contribution < -0.4 is 19.5 Å². The molecule has 0 saturated carbocycles. The number of hydrogen-bond donors (Lipinski definition) is 1. The average molecular weight is 417 g/mol. The lowest BCUT2D eigenvalue weighted by molar-refractivity contribution is -0.115. The molecule has 28 heavy (non-hydrogen) atoms. The molecule has 2 heterocycles. The zero-order valence-corrected chi connectivity index (χ0v) is 16.6. The maximum Gasteiger partial charge on any atom is 0.231 e. The first kappa shape index (κ1) is 18.6. The van der Waals surface area contributed by atoms with Gasteiger partial charge in [-0.2, -0.15) is 0 Å². The Kier molecular flexibility index (Phi) is 5.36. The number of aromatic nitrogens is 1. The summed E-state index contributed by atoms with van der Waals surface area (Å²) in [5.74, 6) is 1.70. The van der Waals surface area contributed by atoms with Crippen LogP contribution in [0.5, 0.6) is 17.2 Å². The fourth-order valence-electron chi connectivity index (χ4n) is 2.81. The van der Waals surface area contributed by atoms with Crippen molar-refractivity contribution >= 4 is 34.5 Å². The van der Waals surface area contributed by atoms with Crippen LogP contribution in [-0.4, -0.2) is 24.3 Å². The van der Waals surface area contributed by atoms with Gasteiger partial charge in [0.25, 0.3) is 0 Å². The Labute approximate surface area is 171 Å². The molecule has 0 fully saturated rings. The summed E-state index contributed by atoms with van der Waals surface area (Å²) in [6.07, 6.45) is 0.137. The Bertz CT molecular complexity index is 1020. The Hall–Kier alpha value is -2.77. The highest BCUT2D eigenvalue weighted by molar-refractivity contribution is 7.13. The lowest BCUT2D eigenvalue weighted by Crippen LogP contribution is -2.14. The zero-order chi connectivity index (χ0) is 19.5. The van der Waals surface area contributed by atoms with Crippen molar-refractivity contribution in [3.05, 3.63) is 52.5 Å². The van der Waals surface area contributed by atoms with Crippen molar-refractivity contribution < 1.29 is 19.0 Å². The third-order valence-corrected chi connectivity index (χ3v) is 5.28. The van der Waals surface area contributed by atoms with Gasteiger partial charge >= 0.3 is 0 Å². The van der Waals surface area contributed by atoms with Crippen LogP contribution in [-0.2, 0) is 11.2 Å². The molecule has 1 N–H and O–H groups in total. The van der Waals surface area contributed by atoms with Crippen LogP contribution in [0.1, 0.15) is 12.6 Å². The summed E-state index contributed by atoms with van der Waals surface area (Å²) < 4.78 is 16.3. The third-order valence-electron chi connectivity index (χ3n) is 4.05. The number of thiazole rings is 1. The van der Waals surface area contributed by atoms with Crippen molar-refractivity contribution in [2.75, 3.05) is 18.7 Å². The van der Waals surface area contributed by atoms with Crippen molar-refractivity contribution in [1.82, 2.24) is 4.98 Å². The summed E-state index contributed by atoms with van der Waals surface area (Å²) in [6.45, 7) is 2.66. The monoisotopic (exact) mass is 416 g/mol. The second-order valence-electron chi connectivity index (χ2n) is 5.98. The number of halogens is 1. The molecule has 0 saturated heterocycles. The molecule has 6 nitrogen and oxygen atoms in total. The van der Waals surface area contributed by atoms with Gasteiger partial charge in [0.1, 0.15) is 10.8 Å². The van der Waals surface area contributed by atoms with Crippen molar-refractivity contribution in [3.63, 3.8) is 0 Å². The summed E-state index contributed by atoms with van der Waals surface area (Å²) in [6, 6.07) is 11.0. The normalized spacial score (nSPS) is 12.1. The number of carbonyl (C=O) groups excluding carboxylic acids is 1. The number of anilines is 1. The van der Waals surface area contributed by atoms with Gasteiger partial charge in [-0.15, -0.1) is 11.3 Å². The van der Waals surface area contributed by atoms with Gasteiger partial charge < -0.3 is 19.5 Å². The molecule has 0 unspecified atom stereocenters. The van der Waals surface area contributed by atoms with E-state index in [1.807, 2.05) is 36.6 Å². The van der Waals surface area contributed by atoms with Gasteiger partial charge in [-0.05, 0) is 19.1 Å². The number of nitrogens with one attached hydrogen (secondary N) is 1. The molecule has 144 valence electrons. The maximum atomic E-state index is 12.4. The van der Waals surface area contributed by atoms with E-state index in [1.165, 1.54) is 11.3 Å². The molecule has 8 heteroatoms. The van der Waals surface area contributed by atoms with E-state index in [-0.39, 0.29) is 19.1 Å². The molecule has 1 aliphatic rings. The van der Waals surface area contributed by atoms with Gasteiger partial charge in [0.15, 0.2) is 11.5 Å². The van der Waals surface area contributed by atoms with Crippen molar-refractivity contribution in [2.24, 2.45) is 0 Å². The van der Waals surface area contributed by atoms with Crippen LogP contribution in [0.15, 0.2) is 41.8 Å². The Balaban J connectivity index is 1.47. The topological polar surface area (TPSA) is 69.7 Å². The second-order valence-corrected chi connectivity index (χ2v) is 7.25. The molecule has 3 aromatic rings. The summed E-state index contributed by atoms with van der Waals surface area (Å²) >= 11 is 7.69. The number of para-hydroxylation sites is 1. The summed E-state index contributed by atoms with van der Waals surface area (Å²) in [7, 11) is 0. The lowest BCUT2D eigenvalue weighted by atomic mass is 10.2. The van der Waals surface area contributed by atoms with Crippen molar-refractivity contribution in [1.29, 1.82) is 0 Å². The Morgan fingerprint density at radius 2 is 2.07 bits per heavy atom. The molecule has 0 spiro atoms. The summed E-state index contributed by atoms with van der Waals surface area (Å²) in [5.41, 5.74) is 2.08. The van der Waals surface area contributed by atoms with Gasteiger partial charge in [0, 0.05) is 17.5 Å². The SMILES string of the molecule is CCOc1ccccc1-c1nc(CC(=O)Nc2cc3c(cc2Cl)OCO3)cs1. The van der Waals surface area contributed by atoms with E-state index in [4.69, 9.17) is 25.8 Å². The van der Waals surface area contributed by atoms with Crippen LogP contribution in [0.25, 0.3) is 10.6 Å². The first-order chi connectivity index (χ1) is 13.6. The average Bonchev–Trinajstić information content (AvgIpc) is 3.32. The third kappa shape index (κ3) is 3.90. The van der Waals surface area contributed by atoms with E-state index < -0.39 is 0 Å². The van der Waals surface area contributed by atoms with E-state index in [0.29, 0.717) is 34.5 Å². The predicted octanol–water partition coefficient (Wildman–Crippen LogP) is 4.77. The van der Waals surface area contributed by atoms with Crippen LogP contribution in [0.4, 0.5) is 5.69 Å². The first-order valence-electron chi connectivity index (χ1n) is 8.69. The number of ether oxygens (including phenoxy) is 3. The quantitative estimate of drug-likeness (QED) is 0.626. The number of benzene rings is 2. The summed E-state index contributed by atoms with van der Waals surface area (Å²) in [5, 5.41) is 5.88. The van der Waals surface area contributed by atoms with Crippen LogP contribution in [0.2, 0.25) is 5.02 Å². The molecule has 0 aliphatic carbocycles. The molecule has 0 radical (unpaired) electrons. The van der Waals surface area contributed by atoms with Gasteiger partial charge in [-0.3, -0.25) is 4.79 Å². The minimum absolute atomic E-state index is 0.137. The van der Waals surface area contributed by atoms with Crippen molar-refractivity contribution in [3.8, 4) is 27.8 Å². The van der Waals surface area contributed by atoms with E-state index in [2.05, 4.69) is 10.3 Å². The minimum atomic E-state index is -0.212. The Morgan fingerprint density at radius 1 is 1.29 bits per heavy atom. The van der Waals surface area contributed by atoms with E-state index in [0.717, 1.165) is 16.3 Å². The largest absolute Gasteiger partial charge is 0.493 e. The molecule has 0 bridgehead atoms. The summed E-state index contributed by atoms with van der Waals surface area (Å²) in [4.78, 5) is 17.0. The van der Waals surface area contributed by atoms with E-state index in [1.54, 1.807) is 12.1 Å². The molecule has 1 amide bonds. The van der Waals surface area contributed by atoms with E-state index >= 15 is 0 Å². The van der Waals surface area contributed by atoms with Crippen molar-refractivity contribution in [2.45, 2.75) is 13.3 Å². The molecule has 2 aromatic carbocycles. The van der Waals surface area contributed by atoms with Gasteiger partial charge in [0.05, 0.1) is 35.0 Å². The van der Waals surface area contributed by atoms with Gasteiger partial charge in [0.2, 0.25) is 12.7 Å². The molecular formula is C20H17ClN2O4S. The fourth-order valence-corrected chi connectivity index (χ4v) is 3.86. The zero-order valence-electron chi connectivity index (χ0n) is 15.0. The molecule has 0 atom stereocenters. The van der Waals surface area contributed by atoms with E-state index in [9.17, 15) is 4.79 Å². The standard InChI is InChI=1S/C20H17ClN2O4S/c1-2-25-16-6-4-3-5-13(16)20-22-12(10-28-20)7-19(24)23-15-9-18-17(8-14(15)21)26-11-27-18/h3-6,8-10H,2,7,11H2,1H3,(H,23,24). The molecule has 1 aromatic heterocycles. The number of nitrogens with zero attached hydrogens (tertiary/aromatic N) is 1. The number of carbonyl (C=O) groups is 1.